The van der Waals surface area contributed by atoms with Gasteiger partial charge in [0.2, 0.25) is 0 Å². The third-order valence-corrected chi connectivity index (χ3v) is 3.58. The van der Waals surface area contributed by atoms with Gasteiger partial charge in [0.15, 0.2) is 0 Å². The summed E-state index contributed by atoms with van der Waals surface area (Å²) in [4.78, 5) is 12.7. The van der Waals surface area contributed by atoms with E-state index < -0.39 is 24.1 Å². The van der Waals surface area contributed by atoms with Gasteiger partial charge in [-0.25, -0.2) is 0 Å². The van der Waals surface area contributed by atoms with E-state index in [2.05, 4.69) is 0 Å². The Hall–Kier alpha value is -0.650. The van der Waals surface area contributed by atoms with Crippen molar-refractivity contribution in [1.29, 1.82) is 0 Å². The zero-order chi connectivity index (χ0) is 10.5. The lowest BCUT2D eigenvalue weighted by molar-refractivity contribution is -0.317. The van der Waals surface area contributed by atoms with E-state index in [9.17, 15) is 20.1 Å². The Bertz CT molecular complexity index is 257. The van der Waals surface area contributed by atoms with Crippen molar-refractivity contribution < 1.29 is 20.1 Å². The minimum Gasteiger partial charge on any atom is -0.550 e. The van der Waals surface area contributed by atoms with E-state index in [1.54, 1.807) is 0 Å². The summed E-state index contributed by atoms with van der Waals surface area (Å²) in [5.41, 5.74) is 0. The third kappa shape index (κ3) is 1.24. The minimum absolute atomic E-state index is 0.139. The van der Waals surface area contributed by atoms with E-state index in [1.807, 2.05) is 11.9 Å². The van der Waals surface area contributed by atoms with Gasteiger partial charge in [-0.3, -0.25) is 4.90 Å². The Labute approximate surface area is 82.0 Å². The van der Waals surface area contributed by atoms with E-state index in [0.717, 1.165) is 6.42 Å². The van der Waals surface area contributed by atoms with Gasteiger partial charge in [-0.15, -0.1) is 0 Å². The van der Waals surface area contributed by atoms with Crippen LogP contribution in [-0.4, -0.2) is 52.4 Å². The maximum absolute atomic E-state index is 10.7. The molecule has 0 radical (unpaired) electrons. The molecule has 3 rings (SSSR count). The molecule has 3 aliphatic rings. The SMILES string of the molecule is CN1[C@H]2C[C@@H](O)[C@@H](C(=O)[O-])C(O)[C@@H]1C2. The summed E-state index contributed by atoms with van der Waals surface area (Å²) in [6, 6.07) is 0.0639. The van der Waals surface area contributed by atoms with Crippen LogP contribution in [0.4, 0.5) is 0 Å². The van der Waals surface area contributed by atoms with Gasteiger partial charge in [0.25, 0.3) is 0 Å². The van der Waals surface area contributed by atoms with Gasteiger partial charge in [-0.05, 0) is 19.9 Å². The molecule has 1 unspecified atom stereocenters. The maximum Gasteiger partial charge on any atom is 0.0801 e. The van der Waals surface area contributed by atoms with Gasteiger partial charge in [-0.2, -0.15) is 0 Å². The van der Waals surface area contributed by atoms with Crippen LogP contribution in [0.1, 0.15) is 12.8 Å². The van der Waals surface area contributed by atoms with E-state index in [-0.39, 0.29) is 12.1 Å². The van der Waals surface area contributed by atoms with Crippen LogP contribution in [0.25, 0.3) is 0 Å². The van der Waals surface area contributed by atoms with Crippen LogP contribution in [0, 0.1) is 5.92 Å². The van der Waals surface area contributed by atoms with E-state index >= 15 is 0 Å². The van der Waals surface area contributed by atoms with Crippen molar-refractivity contribution in [2.45, 2.75) is 37.1 Å². The number of carboxylic acids is 1. The molecule has 2 saturated heterocycles. The number of fused-ring (bicyclic) bond motifs is 3. The lowest BCUT2D eigenvalue weighted by atomic mass is 9.89. The Morgan fingerprint density at radius 2 is 2.07 bits per heavy atom. The molecule has 2 heterocycles. The zero-order valence-corrected chi connectivity index (χ0v) is 7.96. The van der Waals surface area contributed by atoms with Gasteiger partial charge in [0.1, 0.15) is 0 Å². The second kappa shape index (κ2) is 3.18. The first-order chi connectivity index (χ1) is 6.52. The quantitative estimate of drug-likeness (QED) is 0.491. The number of carbonyl (C=O) groups is 1. The molecule has 14 heavy (non-hydrogen) atoms. The molecule has 5 heteroatoms. The van der Waals surface area contributed by atoms with Crippen LogP contribution in [-0.2, 0) is 4.79 Å². The van der Waals surface area contributed by atoms with Crippen molar-refractivity contribution in [2.24, 2.45) is 5.92 Å². The molecule has 0 aromatic heterocycles. The summed E-state index contributed by atoms with van der Waals surface area (Å²) in [6.07, 6.45) is -0.838. The second-order valence-electron chi connectivity index (χ2n) is 4.26. The van der Waals surface area contributed by atoms with Crippen molar-refractivity contribution in [1.82, 2.24) is 4.90 Å². The molecule has 5 nitrogen and oxygen atoms in total. The van der Waals surface area contributed by atoms with Crippen LogP contribution in [0.3, 0.4) is 0 Å². The normalized spacial score (nSPS) is 48.1. The molecule has 2 N–H and O–H groups in total. The molecule has 0 aromatic carbocycles. The Kier molecular flexibility index (Phi) is 2.25. The van der Waals surface area contributed by atoms with Crippen molar-refractivity contribution in [3.8, 4) is 0 Å². The highest BCUT2D eigenvalue weighted by Gasteiger charge is 2.49. The topological polar surface area (TPSA) is 83.8 Å². The number of carboxylic acid groups (broad SMARTS) is 1. The standard InChI is InChI=1S/C9H15NO4/c1-10-4-2-5(10)8(12)7(9(13)14)6(11)3-4/h4-8,11-12H,2-3H2,1H3,(H,13,14)/p-1/t4-,5+,6-,7-,8?/m1/s1. The minimum atomic E-state index is -1.36. The third-order valence-electron chi connectivity index (χ3n) is 3.58. The molecule has 1 saturated carbocycles. The first kappa shape index (κ1) is 9.89. The van der Waals surface area contributed by atoms with Crippen molar-refractivity contribution in [3.05, 3.63) is 0 Å². The number of carbonyl (C=O) groups excluding carboxylic acids is 1. The van der Waals surface area contributed by atoms with Crippen molar-refractivity contribution >= 4 is 5.97 Å². The van der Waals surface area contributed by atoms with Crippen LogP contribution < -0.4 is 5.11 Å². The van der Waals surface area contributed by atoms with E-state index in [1.165, 1.54) is 0 Å². The molecule has 0 spiro atoms. The fourth-order valence-electron chi connectivity index (χ4n) is 2.58. The molecule has 2 bridgehead atoms. The highest BCUT2D eigenvalue weighted by molar-refractivity contribution is 5.69. The number of likely N-dealkylation sites (N-methyl/N-ethyl adjacent to an activating group) is 1. The van der Waals surface area contributed by atoms with Gasteiger partial charge in [-0.1, -0.05) is 0 Å². The van der Waals surface area contributed by atoms with E-state index in [0.29, 0.717) is 6.42 Å². The summed E-state index contributed by atoms with van der Waals surface area (Å²) < 4.78 is 0. The summed E-state index contributed by atoms with van der Waals surface area (Å²) in [5, 5.41) is 30.1. The zero-order valence-electron chi connectivity index (χ0n) is 7.96. The molecule has 1 aliphatic carbocycles. The molecule has 5 atom stereocenters. The van der Waals surface area contributed by atoms with Gasteiger partial charge < -0.3 is 20.1 Å². The van der Waals surface area contributed by atoms with Gasteiger partial charge in [0.05, 0.1) is 18.1 Å². The predicted molar refractivity (Wildman–Crippen MR) is 45.1 cm³/mol. The predicted octanol–water partition coefficient (Wildman–Crippen LogP) is -2.45. The van der Waals surface area contributed by atoms with E-state index in [4.69, 9.17) is 0 Å². The highest BCUT2D eigenvalue weighted by Crippen LogP contribution is 2.37. The average molecular weight is 200 g/mol. The maximum atomic E-state index is 10.7. The molecule has 80 valence electrons. The first-order valence-electron chi connectivity index (χ1n) is 4.81. The summed E-state index contributed by atoms with van der Waals surface area (Å²) in [7, 11) is 1.84. The van der Waals surface area contributed by atoms with Crippen molar-refractivity contribution in [3.63, 3.8) is 0 Å². The number of rotatable bonds is 1. The van der Waals surface area contributed by atoms with Gasteiger partial charge in [0, 0.05) is 18.1 Å². The smallest absolute Gasteiger partial charge is 0.0801 e. The summed E-state index contributed by atoms with van der Waals surface area (Å²) >= 11 is 0. The number of hydrogen-bond acceptors (Lipinski definition) is 5. The molecule has 2 aliphatic heterocycles. The second-order valence-corrected chi connectivity index (χ2v) is 4.26. The summed E-state index contributed by atoms with van der Waals surface area (Å²) in [5.74, 6) is -2.50. The lowest BCUT2D eigenvalue weighted by Gasteiger charge is -2.46. The van der Waals surface area contributed by atoms with Crippen LogP contribution in [0.15, 0.2) is 0 Å². The largest absolute Gasteiger partial charge is 0.550 e. The first-order valence-corrected chi connectivity index (χ1v) is 4.81. The highest BCUT2D eigenvalue weighted by atomic mass is 16.4. The lowest BCUT2D eigenvalue weighted by Crippen LogP contribution is -2.58. The Balaban J connectivity index is 2.21. The Morgan fingerprint density at radius 3 is 2.57 bits per heavy atom. The van der Waals surface area contributed by atoms with Crippen LogP contribution in [0.2, 0.25) is 0 Å². The van der Waals surface area contributed by atoms with Crippen molar-refractivity contribution in [2.75, 3.05) is 7.05 Å². The van der Waals surface area contributed by atoms with Gasteiger partial charge >= 0.3 is 0 Å². The summed E-state index contributed by atoms with van der Waals surface area (Å²) in [6.45, 7) is 0. The number of nitrogens with zero attached hydrogens (tertiary/aromatic N) is 1. The molecule has 0 aromatic rings. The molecule has 3 fully saturated rings. The number of aliphatic carboxylic acids is 1. The Morgan fingerprint density at radius 1 is 1.43 bits per heavy atom. The monoisotopic (exact) mass is 200 g/mol. The van der Waals surface area contributed by atoms with Crippen LogP contribution in [0.5, 0.6) is 0 Å². The molecule has 0 amide bonds. The fraction of sp³-hybridized carbons (Fsp3) is 0.889. The number of hydrogen-bond donors (Lipinski definition) is 2. The number of aliphatic hydroxyl groups is 2. The fourth-order valence-corrected chi connectivity index (χ4v) is 2.58. The number of aliphatic hydroxyl groups excluding tert-OH is 2. The average Bonchev–Trinajstić information content (AvgIpc) is 2.27. The van der Waals surface area contributed by atoms with Crippen LogP contribution >= 0.6 is 0 Å². The molecular weight excluding hydrogens is 186 g/mol. The molecular formula is C9H14NO4-.